The van der Waals surface area contributed by atoms with Crippen molar-refractivity contribution < 1.29 is 19.0 Å². The highest BCUT2D eigenvalue weighted by atomic mass is 32.2. The third-order valence-electron chi connectivity index (χ3n) is 1.84. The highest BCUT2D eigenvalue weighted by Gasteiger charge is 2.13. The molecule has 5 heteroatoms. The van der Waals surface area contributed by atoms with E-state index in [-0.39, 0.29) is 12.3 Å². The normalized spacial score (nSPS) is 18.1. The van der Waals surface area contributed by atoms with Crippen LogP contribution < -0.4 is 0 Å². The first-order valence-electron chi connectivity index (χ1n) is 4.70. The van der Waals surface area contributed by atoms with Gasteiger partial charge in [0.05, 0.1) is 26.1 Å². The molecule has 1 fully saturated rings. The van der Waals surface area contributed by atoms with Crippen LogP contribution in [0.15, 0.2) is 0 Å². The van der Waals surface area contributed by atoms with Gasteiger partial charge >= 0.3 is 5.97 Å². The lowest BCUT2D eigenvalue weighted by Crippen LogP contribution is -2.25. The van der Waals surface area contributed by atoms with Crippen molar-refractivity contribution in [1.29, 1.82) is 0 Å². The van der Waals surface area contributed by atoms with E-state index in [9.17, 15) is 4.79 Å². The van der Waals surface area contributed by atoms with Crippen molar-refractivity contribution in [1.82, 2.24) is 0 Å². The van der Waals surface area contributed by atoms with Crippen LogP contribution >= 0.6 is 11.8 Å². The van der Waals surface area contributed by atoms with E-state index in [1.165, 1.54) is 7.11 Å². The van der Waals surface area contributed by atoms with Crippen LogP contribution in [-0.2, 0) is 19.0 Å². The first-order valence-corrected chi connectivity index (χ1v) is 5.86. The van der Waals surface area contributed by atoms with Crippen LogP contribution in [0.4, 0.5) is 0 Å². The minimum Gasteiger partial charge on any atom is -0.468 e. The Morgan fingerprint density at radius 2 is 2.21 bits per heavy atom. The van der Waals surface area contributed by atoms with Gasteiger partial charge < -0.3 is 14.2 Å². The Bertz CT molecular complexity index is 168. The van der Waals surface area contributed by atoms with Crippen LogP contribution in [-0.4, -0.2) is 44.1 Å². The third-order valence-corrected chi connectivity index (χ3v) is 2.81. The summed E-state index contributed by atoms with van der Waals surface area (Å²) >= 11 is 1.55. The molecule has 0 N–H and O–H groups in total. The number of esters is 1. The Hall–Kier alpha value is -0.260. The lowest BCUT2D eigenvalue weighted by Gasteiger charge is -2.22. The van der Waals surface area contributed by atoms with Crippen molar-refractivity contribution in [3.63, 3.8) is 0 Å². The van der Waals surface area contributed by atoms with Gasteiger partial charge in [0.15, 0.2) is 6.29 Å². The molecule has 1 aliphatic rings. The summed E-state index contributed by atoms with van der Waals surface area (Å²) in [4.78, 5) is 10.8. The molecule has 0 atom stereocenters. The molecule has 1 saturated heterocycles. The summed E-state index contributed by atoms with van der Waals surface area (Å²) in [7, 11) is 1.40. The number of carbonyl (C=O) groups excluding carboxylic acids is 1. The molecule has 0 bridgehead atoms. The summed E-state index contributed by atoms with van der Waals surface area (Å²) in [5, 5.41) is 0. The Balaban J connectivity index is 1.94. The standard InChI is InChI=1S/C9H16O4S/c1-11-8(10)7-14-6-3-9-12-4-2-5-13-9/h9H,2-7H2,1H3. The maximum absolute atomic E-state index is 10.8. The number of ether oxygens (including phenoxy) is 3. The Kier molecular flexibility index (Phi) is 5.98. The lowest BCUT2D eigenvalue weighted by atomic mass is 10.4. The zero-order chi connectivity index (χ0) is 10.2. The Labute approximate surface area is 88.3 Å². The van der Waals surface area contributed by atoms with Gasteiger partial charge in [0, 0.05) is 6.42 Å². The van der Waals surface area contributed by atoms with E-state index in [0.717, 1.165) is 31.8 Å². The van der Waals surface area contributed by atoms with Gasteiger partial charge in [-0.25, -0.2) is 0 Å². The van der Waals surface area contributed by atoms with Crippen LogP contribution in [0.2, 0.25) is 0 Å². The molecular formula is C9H16O4S. The number of carbonyl (C=O) groups is 1. The van der Waals surface area contributed by atoms with Crippen molar-refractivity contribution in [2.75, 3.05) is 31.8 Å². The fraction of sp³-hybridized carbons (Fsp3) is 0.889. The smallest absolute Gasteiger partial charge is 0.315 e. The van der Waals surface area contributed by atoms with Gasteiger partial charge in [0.1, 0.15) is 0 Å². The minimum absolute atomic E-state index is 0.0751. The average molecular weight is 220 g/mol. The van der Waals surface area contributed by atoms with Gasteiger partial charge in [0.2, 0.25) is 0 Å². The van der Waals surface area contributed by atoms with E-state index in [1.54, 1.807) is 11.8 Å². The predicted octanol–water partition coefficient (Wildman–Crippen LogP) is 1.05. The molecule has 0 aromatic rings. The van der Waals surface area contributed by atoms with Crippen LogP contribution in [0, 0.1) is 0 Å². The molecule has 1 heterocycles. The molecule has 82 valence electrons. The van der Waals surface area contributed by atoms with E-state index in [4.69, 9.17) is 9.47 Å². The molecule has 1 aliphatic heterocycles. The molecule has 14 heavy (non-hydrogen) atoms. The van der Waals surface area contributed by atoms with Gasteiger partial charge in [-0.05, 0) is 12.2 Å². The molecule has 0 saturated carbocycles. The van der Waals surface area contributed by atoms with Gasteiger partial charge in [-0.1, -0.05) is 0 Å². The Morgan fingerprint density at radius 3 is 2.86 bits per heavy atom. The fourth-order valence-electron chi connectivity index (χ4n) is 1.10. The molecular weight excluding hydrogens is 204 g/mol. The number of methoxy groups -OCH3 is 1. The molecule has 0 radical (unpaired) electrons. The molecule has 0 aliphatic carbocycles. The van der Waals surface area contributed by atoms with Crippen molar-refractivity contribution in [2.24, 2.45) is 0 Å². The van der Waals surface area contributed by atoms with E-state index in [0.29, 0.717) is 5.75 Å². The van der Waals surface area contributed by atoms with Crippen molar-refractivity contribution in [2.45, 2.75) is 19.1 Å². The summed E-state index contributed by atoms with van der Waals surface area (Å²) in [6.07, 6.45) is 1.74. The van der Waals surface area contributed by atoms with E-state index in [1.807, 2.05) is 0 Å². The van der Waals surface area contributed by atoms with Gasteiger partial charge in [0.25, 0.3) is 0 Å². The minimum atomic E-state index is -0.180. The van der Waals surface area contributed by atoms with E-state index in [2.05, 4.69) is 4.74 Å². The van der Waals surface area contributed by atoms with Crippen molar-refractivity contribution in [3.8, 4) is 0 Å². The fourth-order valence-corrected chi connectivity index (χ4v) is 1.89. The van der Waals surface area contributed by atoms with Gasteiger partial charge in [-0.3, -0.25) is 4.79 Å². The van der Waals surface area contributed by atoms with Crippen LogP contribution in [0.1, 0.15) is 12.8 Å². The second-order valence-corrected chi connectivity index (χ2v) is 4.05. The van der Waals surface area contributed by atoms with Crippen molar-refractivity contribution >= 4 is 17.7 Å². The average Bonchev–Trinajstić information content (AvgIpc) is 2.25. The SMILES string of the molecule is COC(=O)CSCCC1OCCCO1. The molecule has 0 amide bonds. The third kappa shape index (κ3) is 4.83. The van der Waals surface area contributed by atoms with Crippen molar-refractivity contribution in [3.05, 3.63) is 0 Å². The van der Waals surface area contributed by atoms with Crippen LogP contribution in [0.5, 0.6) is 0 Å². The van der Waals surface area contributed by atoms with Crippen LogP contribution in [0.3, 0.4) is 0 Å². The largest absolute Gasteiger partial charge is 0.468 e. The predicted molar refractivity (Wildman–Crippen MR) is 54.3 cm³/mol. The lowest BCUT2D eigenvalue weighted by molar-refractivity contribution is -0.178. The van der Waals surface area contributed by atoms with E-state index >= 15 is 0 Å². The summed E-state index contributed by atoms with van der Waals surface area (Å²) in [6, 6.07) is 0. The second-order valence-electron chi connectivity index (χ2n) is 2.94. The first-order chi connectivity index (χ1) is 6.83. The number of hydrogen-bond donors (Lipinski definition) is 0. The number of thioether (sulfide) groups is 1. The molecule has 4 nitrogen and oxygen atoms in total. The highest BCUT2D eigenvalue weighted by Crippen LogP contribution is 2.12. The molecule has 0 aromatic carbocycles. The quantitative estimate of drug-likeness (QED) is 0.512. The topological polar surface area (TPSA) is 44.8 Å². The Morgan fingerprint density at radius 1 is 1.50 bits per heavy atom. The number of rotatable bonds is 5. The molecule has 0 spiro atoms. The summed E-state index contributed by atoms with van der Waals surface area (Å²) in [5.74, 6) is 1.09. The maximum Gasteiger partial charge on any atom is 0.315 e. The molecule has 0 aromatic heterocycles. The zero-order valence-electron chi connectivity index (χ0n) is 8.36. The van der Waals surface area contributed by atoms with E-state index < -0.39 is 0 Å². The summed E-state index contributed by atoms with van der Waals surface area (Å²) in [5.41, 5.74) is 0. The van der Waals surface area contributed by atoms with Gasteiger partial charge in [-0.2, -0.15) is 0 Å². The van der Waals surface area contributed by atoms with Crippen LogP contribution in [0.25, 0.3) is 0 Å². The molecule has 0 unspecified atom stereocenters. The monoisotopic (exact) mass is 220 g/mol. The second kappa shape index (κ2) is 7.09. The maximum atomic E-state index is 10.8. The van der Waals surface area contributed by atoms with Gasteiger partial charge in [-0.15, -0.1) is 11.8 Å². The summed E-state index contributed by atoms with van der Waals surface area (Å²) in [6.45, 7) is 1.57. The highest BCUT2D eigenvalue weighted by molar-refractivity contribution is 7.99. The first kappa shape index (κ1) is 11.8. The summed E-state index contributed by atoms with van der Waals surface area (Å²) < 4.78 is 15.2. The zero-order valence-corrected chi connectivity index (χ0v) is 9.18. The molecule has 1 rings (SSSR count). The number of hydrogen-bond acceptors (Lipinski definition) is 5.